The van der Waals surface area contributed by atoms with Crippen LogP contribution in [-0.2, 0) is 25.5 Å². The predicted molar refractivity (Wildman–Crippen MR) is 209 cm³/mol. The van der Waals surface area contributed by atoms with Crippen molar-refractivity contribution in [2.75, 3.05) is 22.6 Å². The number of rotatable bonds is 6. The summed E-state index contributed by atoms with van der Waals surface area (Å²) in [6.07, 6.45) is 2.84. The Morgan fingerprint density at radius 3 is 2.13 bits per heavy atom. The maximum absolute atomic E-state index is 16.9. The normalized spacial score (nSPS) is 14.8. The van der Waals surface area contributed by atoms with Gasteiger partial charge in [0, 0.05) is 42.1 Å². The first-order valence-electron chi connectivity index (χ1n) is 17.9. The molecule has 2 N–H and O–H groups in total. The molecule has 0 aliphatic carbocycles. The van der Waals surface area contributed by atoms with Crippen molar-refractivity contribution in [2.24, 2.45) is 0 Å². The van der Waals surface area contributed by atoms with Crippen molar-refractivity contribution < 1.29 is 37.7 Å². The molecule has 1 aromatic carbocycles. The number of hydrogen-bond donors (Lipinski definition) is 2. The zero-order chi connectivity index (χ0) is 40.6. The van der Waals surface area contributed by atoms with E-state index in [1.807, 2.05) is 10.7 Å². The molecule has 0 radical (unpaired) electrons. The zero-order valence-electron chi connectivity index (χ0n) is 33.3. The van der Waals surface area contributed by atoms with Crippen LogP contribution >= 0.6 is 0 Å². The molecular weight excluding hydrogens is 709 g/mol. The van der Waals surface area contributed by atoms with Gasteiger partial charge >= 0.3 is 18.3 Å². The fraction of sp³-hybridized carbons (Fsp3) is 0.450. The van der Waals surface area contributed by atoms with Crippen molar-refractivity contribution in [3.8, 4) is 11.1 Å². The molecule has 0 saturated carbocycles. The van der Waals surface area contributed by atoms with Gasteiger partial charge in [0.25, 0.3) is 0 Å². The fourth-order valence-electron chi connectivity index (χ4n) is 5.93. The molecule has 0 saturated heterocycles. The average Bonchev–Trinajstić information content (AvgIpc) is 3.37. The van der Waals surface area contributed by atoms with Crippen molar-refractivity contribution in [1.29, 1.82) is 0 Å². The number of methoxy groups -OCH3 is 1. The number of ether oxygens (including phenoxy) is 4. The van der Waals surface area contributed by atoms with Gasteiger partial charge in [-0.05, 0) is 111 Å². The highest BCUT2D eigenvalue weighted by atomic mass is 19.1. The Hall–Kier alpha value is -5.57. The van der Waals surface area contributed by atoms with E-state index < -0.39 is 40.9 Å². The quantitative estimate of drug-likeness (QED) is 0.180. The Balaban J connectivity index is 1.64. The number of imide groups is 1. The number of carbonyl (C=O) groups excluding carboxylic acids is 3. The first-order valence-corrected chi connectivity index (χ1v) is 17.9. The number of fused-ring (bicyclic) bond motifs is 2. The van der Waals surface area contributed by atoms with Crippen LogP contribution in [0.15, 0.2) is 43.4 Å². The number of carbonyl (C=O) groups is 3. The highest BCUT2D eigenvalue weighted by molar-refractivity contribution is 6.11. The maximum atomic E-state index is 16.9. The van der Waals surface area contributed by atoms with Crippen LogP contribution in [0.4, 0.5) is 41.8 Å². The zero-order valence-corrected chi connectivity index (χ0v) is 33.3. The second-order valence-electron chi connectivity index (χ2n) is 16.4. The van der Waals surface area contributed by atoms with Crippen molar-refractivity contribution in [1.82, 2.24) is 19.7 Å². The molecule has 1 aliphatic heterocycles. The summed E-state index contributed by atoms with van der Waals surface area (Å²) in [6, 6.07) is 5.15. The highest BCUT2D eigenvalue weighted by Gasteiger charge is 2.35. The van der Waals surface area contributed by atoms with Gasteiger partial charge in [-0.1, -0.05) is 6.58 Å². The Labute approximate surface area is 320 Å². The minimum Gasteiger partial charge on any atom is -0.444 e. The molecule has 0 spiro atoms. The summed E-state index contributed by atoms with van der Waals surface area (Å²) in [5.41, 5.74) is -0.636. The van der Waals surface area contributed by atoms with E-state index >= 15 is 4.39 Å². The third-order valence-electron chi connectivity index (χ3n) is 8.34. The number of aromatic nitrogens is 4. The SMILES string of the molecule is C=C1CCC(OC)Cn2nc(Nc3cc4cc(-c5cncc(N(C(=O)OC(C)(C)C)C(=O)OC(C)(C)C)c5C)c(F)c(NC(=O)OC(C)(C)C)c4cn3)cc21. The Bertz CT molecular complexity index is 2120. The van der Waals surface area contributed by atoms with E-state index in [0.29, 0.717) is 29.1 Å². The minimum absolute atomic E-state index is 0.00602. The molecule has 4 aromatic rings. The summed E-state index contributed by atoms with van der Waals surface area (Å²) in [4.78, 5) is 49.7. The molecule has 3 aromatic heterocycles. The monoisotopic (exact) mass is 759 g/mol. The number of amides is 3. The predicted octanol–water partition coefficient (Wildman–Crippen LogP) is 9.53. The van der Waals surface area contributed by atoms with E-state index in [1.165, 1.54) is 18.6 Å². The molecule has 5 rings (SSSR count). The summed E-state index contributed by atoms with van der Waals surface area (Å²) in [7, 11) is 1.68. The van der Waals surface area contributed by atoms with Crippen molar-refractivity contribution in [2.45, 2.75) is 112 Å². The Kier molecular flexibility index (Phi) is 11.3. The van der Waals surface area contributed by atoms with Crippen LogP contribution in [0.3, 0.4) is 0 Å². The molecule has 4 heterocycles. The van der Waals surface area contributed by atoms with Crippen molar-refractivity contribution in [3.63, 3.8) is 0 Å². The van der Waals surface area contributed by atoms with E-state index in [4.69, 9.17) is 24.0 Å². The number of benzene rings is 1. The molecule has 0 fully saturated rings. The number of allylic oxidation sites excluding steroid dienone is 1. The number of nitrogens with zero attached hydrogens (tertiary/aromatic N) is 5. The lowest BCUT2D eigenvalue weighted by atomic mass is 9.97. The van der Waals surface area contributed by atoms with E-state index in [0.717, 1.165) is 29.0 Å². The van der Waals surface area contributed by atoms with Crippen LogP contribution in [-0.4, -0.2) is 68.0 Å². The van der Waals surface area contributed by atoms with Crippen LogP contribution in [0, 0.1) is 12.7 Å². The third kappa shape index (κ3) is 9.76. The first kappa shape index (κ1) is 40.6. The number of anilines is 4. The Morgan fingerprint density at radius 2 is 1.53 bits per heavy atom. The number of halogens is 1. The van der Waals surface area contributed by atoms with Crippen LogP contribution in [0.1, 0.15) is 86.4 Å². The summed E-state index contributed by atoms with van der Waals surface area (Å²) in [6.45, 7) is 21.5. The van der Waals surface area contributed by atoms with E-state index in [-0.39, 0.29) is 34.0 Å². The van der Waals surface area contributed by atoms with E-state index in [9.17, 15) is 14.4 Å². The smallest absolute Gasteiger partial charge is 0.424 e. The maximum Gasteiger partial charge on any atom is 0.424 e. The van der Waals surface area contributed by atoms with Crippen molar-refractivity contribution in [3.05, 3.63) is 60.4 Å². The minimum atomic E-state index is -1.00. The number of pyridine rings is 2. The van der Waals surface area contributed by atoms with Crippen LogP contribution in [0.2, 0.25) is 0 Å². The molecule has 15 heteroatoms. The van der Waals surface area contributed by atoms with Gasteiger partial charge in [0.15, 0.2) is 11.6 Å². The van der Waals surface area contributed by atoms with Crippen LogP contribution < -0.4 is 15.5 Å². The van der Waals surface area contributed by atoms with Gasteiger partial charge in [-0.2, -0.15) is 10.00 Å². The molecule has 1 atom stereocenters. The van der Waals surface area contributed by atoms with Gasteiger partial charge in [0.1, 0.15) is 22.6 Å². The molecule has 14 nitrogen and oxygen atoms in total. The van der Waals surface area contributed by atoms with Gasteiger partial charge in [-0.3, -0.25) is 15.0 Å². The summed E-state index contributed by atoms with van der Waals surface area (Å²) < 4.78 is 41.0. The van der Waals surface area contributed by atoms with Gasteiger partial charge in [-0.15, -0.1) is 0 Å². The third-order valence-corrected chi connectivity index (χ3v) is 8.34. The van der Waals surface area contributed by atoms with Gasteiger partial charge in [0.05, 0.1) is 35.9 Å². The van der Waals surface area contributed by atoms with Crippen LogP contribution in [0.25, 0.3) is 27.5 Å². The van der Waals surface area contributed by atoms with Gasteiger partial charge in [0.2, 0.25) is 0 Å². The number of nitrogens with one attached hydrogen (secondary N) is 2. The van der Waals surface area contributed by atoms with Gasteiger partial charge in [-0.25, -0.2) is 23.8 Å². The van der Waals surface area contributed by atoms with Crippen LogP contribution in [0.5, 0.6) is 0 Å². The molecular formula is C40H50FN7O7. The van der Waals surface area contributed by atoms with E-state index in [1.54, 1.807) is 88.5 Å². The number of hydrogen-bond acceptors (Lipinski definition) is 11. The fourth-order valence-corrected chi connectivity index (χ4v) is 5.93. The standard InChI is InChI=1S/C40H50FN7O7/c1-22-13-14-25(52-12)21-47-29(22)17-32(46-47)44-31-16-24-15-26(33(41)34(28(24)19-43-31)45-35(49)53-38(3,4)5)27-18-42-20-30(23(27)2)48(36(50)54-39(6,7)8)37(51)55-40(9,10)11/h15-20,25H,1,13-14,21H2,2-12H3,(H,45,49)(H,43,44,46). The lowest BCUT2D eigenvalue weighted by Crippen LogP contribution is -2.44. The lowest BCUT2D eigenvalue weighted by Gasteiger charge is -2.29. The molecule has 1 unspecified atom stereocenters. The topological polar surface area (TPSA) is 159 Å². The molecule has 1 aliphatic rings. The lowest BCUT2D eigenvalue weighted by molar-refractivity contribution is 0.0429. The molecule has 3 amide bonds. The Morgan fingerprint density at radius 1 is 0.891 bits per heavy atom. The molecule has 55 heavy (non-hydrogen) atoms. The summed E-state index contributed by atoms with van der Waals surface area (Å²) >= 11 is 0. The second kappa shape index (κ2) is 15.3. The highest BCUT2D eigenvalue weighted by Crippen LogP contribution is 2.40. The first-order chi connectivity index (χ1) is 25.5. The molecule has 0 bridgehead atoms. The molecule has 294 valence electrons. The largest absolute Gasteiger partial charge is 0.444 e. The summed E-state index contributed by atoms with van der Waals surface area (Å²) in [5.74, 6) is 0.0828. The van der Waals surface area contributed by atoms with Crippen molar-refractivity contribution >= 4 is 57.6 Å². The van der Waals surface area contributed by atoms with E-state index in [2.05, 4.69) is 27.2 Å². The van der Waals surface area contributed by atoms with Gasteiger partial charge < -0.3 is 24.3 Å². The average molecular weight is 760 g/mol. The summed E-state index contributed by atoms with van der Waals surface area (Å²) in [5, 5.41) is 11.3. The second-order valence-corrected chi connectivity index (χ2v) is 16.4.